The second-order valence-electron chi connectivity index (χ2n) is 3.39. The lowest BCUT2D eigenvalue weighted by Crippen LogP contribution is -2.40. The summed E-state index contributed by atoms with van der Waals surface area (Å²) in [6, 6.07) is -0.240. The molecule has 5 nitrogen and oxygen atoms in total. The summed E-state index contributed by atoms with van der Waals surface area (Å²) >= 11 is 0. The maximum Gasteiger partial charge on any atom is 0.318 e. The predicted octanol–water partition coefficient (Wildman–Crippen LogP) is -0.454. The SMILES string of the molecule is O=C1NCCN1C1CCCS1(=O)=O. The van der Waals surface area contributed by atoms with E-state index in [1.807, 2.05) is 0 Å². The molecule has 1 unspecified atom stereocenters. The van der Waals surface area contributed by atoms with E-state index in [9.17, 15) is 13.2 Å². The van der Waals surface area contributed by atoms with Gasteiger partial charge in [-0.1, -0.05) is 0 Å². The molecule has 6 heteroatoms. The number of hydrogen-bond donors (Lipinski definition) is 1. The van der Waals surface area contributed by atoms with Crippen LogP contribution in [0.4, 0.5) is 4.79 Å². The monoisotopic (exact) mass is 204 g/mol. The number of urea groups is 1. The number of amides is 2. The first kappa shape index (κ1) is 8.80. The Kier molecular flexibility index (Phi) is 1.94. The first-order valence-corrected chi connectivity index (χ1v) is 6.09. The Labute approximate surface area is 77.0 Å². The van der Waals surface area contributed by atoms with E-state index >= 15 is 0 Å². The van der Waals surface area contributed by atoms with Crippen molar-refractivity contribution >= 4 is 15.9 Å². The molecule has 0 spiro atoms. The Morgan fingerprint density at radius 3 is 2.69 bits per heavy atom. The van der Waals surface area contributed by atoms with Crippen molar-refractivity contribution < 1.29 is 13.2 Å². The fourth-order valence-corrected chi connectivity index (χ4v) is 3.84. The highest BCUT2D eigenvalue weighted by atomic mass is 32.2. The van der Waals surface area contributed by atoms with Gasteiger partial charge in [0.25, 0.3) is 0 Å². The second-order valence-corrected chi connectivity index (χ2v) is 5.67. The quantitative estimate of drug-likeness (QED) is 0.629. The van der Waals surface area contributed by atoms with Crippen molar-refractivity contribution in [2.45, 2.75) is 18.2 Å². The number of carbonyl (C=O) groups excluding carboxylic acids is 1. The third-order valence-corrected chi connectivity index (χ3v) is 4.71. The molecule has 2 heterocycles. The van der Waals surface area contributed by atoms with Gasteiger partial charge in [0.05, 0.1) is 5.75 Å². The Balaban J connectivity index is 2.21. The summed E-state index contributed by atoms with van der Waals surface area (Å²) in [7, 11) is -3.04. The van der Waals surface area contributed by atoms with E-state index in [0.29, 0.717) is 25.9 Å². The average Bonchev–Trinajstić information content (AvgIpc) is 2.56. The zero-order valence-corrected chi connectivity index (χ0v) is 8.01. The van der Waals surface area contributed by atoms with Crippen LogP contribution in [0.15, 0.2) is 0 Å². The number of carbonyl (C=O) groups is 1. The number of rotatable bonds is 1. The molecule has 0 aliphatic carbocycles. The lowest BCUT2D eigenvalue weighted by molar-refractivity contribution is 0.211. The normalized spacial score (nSPS) is 32.2. The molecule has 0 aromatic carbocycles. The molecule has 1 atom stereocenters. The lowest BCUT2D eigenvalue weighted by atomic mass is 10.3. The van der Waals surface area contributed by atoms with Crippen LogP contribution in [0.5, 0.6) is 0 Å². The van der Waals surface area contributed by atoms with Gasteiger partial charge in [0.1, 0.15) is 5.37 Å². The summed E-state index contributed by atoms with van der Waals surface area (Å²) in [5.74, 6) is 0.224. The lowest BCUT2D eigenvalue weighted by Gasteiger charge is -2.20. The zero-order chi connectivity index (χ0) is 9.47. The van der Waals surface area contributed by atoms with Gasteiger partial charge in [-0.05, 0) is 12.8 Å². The Morgan fingerprint density at radius 1 is 1.46 bits per heavy atom. The third kappa shape index (κ3) is 1.39. The summed E-state index contributed by atoms with van der Waals surface area (Å²) in [4.78, 5) is 12.6. The van der Waals surface area contributed by atoms with E-state index < -0.39 is 15.2 Å². The van der Waals surface area contributed by atoms with Gasteiger partial charge in [0.2, 0.25) is 0 Å². The van der Waals surface area contributed by atoms with Gasteiger partial charge in [0.15, 0.2) is 9.84 Å². The molecule has 2 aliphatic rings. The molecule has 2 rings (SSSR count). The predicted molar refractivity (Wildman–Crippen MR) is 46.9 cm³/mol. The fraction of sp³-hybridized carbons (Fsp3) is 0.857. The molecule has 1 N–H and O–H groups in total. The summed E-state index contributed by atoms with van der Waals surface area (Å²) in [6.07, 6.45) is 1.27. The number of hydrogen-bond acceptors (Lipinski definition) is 3. The minimum absolute atomic E-state index is 0.224. The van der Waals surface area contributed by atoms with Crippen LogP contribution in [0.1, 0.15) is 12.8 Å². The molecule has 2 fully saturated rings. The van der Waals surface area contributed by atoms with Gasteiger partial charge >= 0.3 is 6.03 Å². The van der Waals surface area contributed by atoms with Crippen LogP contribution in [0, 0.1) is 0 Å². The second kappa shape index (κ2) is 2.87. The molecule has 0 aromatic heterocycles. The molecule has 13 heavy (non-hydrogen) atoms. The maximum atomic E-state index is 11.5. The molecule has 2 saturated heterocycles. The average molecular weight is 204 g/mol. The molecule has 0 saturated carbocycles. The molecule has 2 aliphatic heterocycles. The van der Waals surface area contributed by atoms with E-state index in [4.69, 9.17) is 0 Å². The van der Waals surface area contributed by atoms with E-state index in [0.717, 1.165) is 0 Å². The summed E-state index contributed by atoms with van der Waals surface area (Å²) < 4.78 is 22.9. The minimum Gasteiger partial charge on any atom is -0.336 e. The smallest absolute Gasteiger partial charge is 0.318 e. The summed E-state index contributed by atoms with van der Waals surface area (Å²) in [5, 5.41) is 2.05. The van der Waals surface area contributed by atoms with Gasteiger partial charge < -0.3 is 10.2 Å². The number of sulfone groups is 1. The van der Waals surface area contributed by atoms with Crippen molar-refractivity contribution in [2.75, 3.05) is 18.8 Å². The van der Waals surface area contributed by atoms with Gasteiger partial charge in [-0.15, -0.1) is 0 Å². The zero-order valence-electron chi connectivity index (χ0n) is 7.19. The highest BCUT2D eigenvalue weighted by Gasteiger charge is 2.40. The Bertz CT molecular complexity index is 325. The fourth-order valence-electron chi connectivity index (χ4n) is 1.89. The van der Waals surface area contributed by atoms with Gasteiger partial charge in [-0.3, -0.25) is 0 Å². The topological polar surface area (TPSA) is 66.5 Å². The number of nitrogens with one attached hydrogen (secondary N) is 1. The van der Waals surface area contributed by atoms with Crippen molar-refractivity contribution in [2.24, 2.45) is 0 Å². The van der Waals surface area contributed by atoms with Crippen molar-refractivity contribution in [1.29, 1.82) is 0 Å². The maximum absolute atomic E-state index is 11.5. The third-order valence-electron chi connectivity index (χ3n) is 2.53. The van der Waals surface area contributed by atoms with E-state index in [-0.39, 0.29) is 11.8 Å². The van der Waals surface area contributed by atoms with Crippen molar-refractivity contribution in [1.82, 2.24) is 10.2 Å². The Hall–Kier alpha value is -0.780. The van der Waals surface area contributed by atoms with Crippen molar-refractivity contribution in [3.8, 4) is 0 Å². The molecular weight excluding hydrogens is 192 g/mol. The molecule has 2 amide bonds. The van der Waals surface area contributed by atoms with Crippen LogP contribution in [0.2, 0.25) is 0 Å². The summed E-state index contributed by atoms with van der Waals surface area (Å²) in [5.41, 5.74) is 0. The minimum atomic E-state index is -3.04. The van der Waals surface area contributed by atoms with E-state index in [2.05, 4.69) is 5.32 Å². The van der Waals surface area contributed by atoms with Crippen LogP contribution in [-0.2, 0) is 9.84 Å². The van der Waals surface area contributed by atoms with E-state index in [1.54, 1.807) is 0 Å². The van der Waals surface area contributed by atoms with Crippen LogP contribution in [-0.4, -0.2) is 43.6 Å². The molecule has 74 valence electrons. The molecular formula is C7H12N2O3S. The summed E-state index contributed by atoms with van der Waals surface area (Å²) in [6.45, 7) is 1.08. The molecule has 0 radical (unpaired) electrons. The van der Waals surface area contributed by atoms with Crippen molar-refractivity contribution in [3.05, 3.63) is 0 Å². The van der Waals surface area contributed by atoms with Crippen LogP contribution in [0.25, 0.3) is 0 Å². The van der Waals surface area contributed by atoms with E-state index in [1.165, 1.54) is 4.90 Å². The standard InChI is InChI=1S/C7H12N2O3S/c10-7-8-3-4-9(7)6-2-1-5-13(6,11)12/h6H,1-5H2,(H,8,10). The van der Waals surface area contributed by atoms with Crippen LogP contribution < -0.4 is 5.32 Å². The molecule has 0 aromatic rings. The number of nitrogens with zero attached hydrogens (tertiary/aromatic N) is 1. The first-order valence-electron chi connectivity index (χ1n) is 4.37. The highest BCUT2D eigenvalue weighted by molar-refractivity contribution is 7.92. The van der Waals surface area contributed by atoms with Crippen LogP contribution >= 0.6 is 0 Å². The molecule has 0 bridgehead atoms. The largest absolute Gasteiger partial charge is 0.336 e. The van der Waals surface area contributed by atoms with Gasteiger partial charge in [-0.25, -0.2) is 13.2 Å². The van der Waals surface area contributed by atoms with Gasteiger partial charge in [0, 0.05) is 13.1 Å². The van der Waals surface area contributed by atoms with Crippen LogP contribution in [0.3, 0.4) is 0 Å². The first-order chi connectivity index (χ1) is 6.11. The Morgan fingerprint density at radius 2 is 2.23 bits per heavy atom. The highest BCUT2D eigenvalue weighted by Crippen LogP contribution is 2.24. The van der Waals surface area contributed by atoms with Crippen molar-refractivity contribution in [3.63, 3.8) is 0 Å². The van der Waals surface area contributed by atoms with Gasteiger partial charge in [-0.2, -0.15) is 0 Å².